The van der Waals surface area contributed by atoms with Crippen LogP contribution < -0.4 is 10.6 Å². The van der Waals surface area contributed by atoms with Crippen molar-refractivity contribution in [2.24, 2.45) is 0 Å². The minimum absolute atomic E-state index is 0.0142. The molecular formula is C19H15F6N5. The first-order chi connectivity index (χ1) is 14.0. The zero-order chi connectivity index (χ0) is 21.9. The molecule has 158 valence electrons. The molecule has 1 aromatic heterocycles. The zero-order valence-electron chi connectivity index (χ0n) is 15.4. The number of rotatable bonds is 5. The third kappa shape index (κ3) is 5.37. The Kier molecular flexibility index (Phi) is 5.81. The summed E-state index contributed by atoms with van der Waals surface area (Å²) in [6, 6.07) is 9.35. The molecule has 3 aromatic rings. The Morgan fingerprint density at radius 1 is 0.767 bits per heavy atom. The van der Waals surface area contributed by atoms with Gasteiger partial charge in [-0.05, 0) is 42.8 Å². The summed E-state index contributed by atoms with van der Waals surface area (Å²) in [5.74, 6) is 0.328. The van der Waals surface area contributed by atoms with Crippen LogP contribution in [0.25, 0.3) is 0 Å². The first-order valence-electron chi connectivity index (χ1n) is 8.58. The maximum absolute atomic E-state index is 13.1. The minimum Gasteiger partial charge on any atom is -0.350 e. The number of benzene rings is 2. The third-order valence-corrected chi connectivity index (χ3v) is 3.98. The molecule has 1 heterocycles. The molecule has 2 aromatic carbocycles. The van der Waals surface area contributed by atoms with Crippen LogP contribution in [0, 0.1) is 6.92 Å². The highest BCUT2D eigenvalue weighted by molar-refractivity contribution is 5.54. The molecule has 0 saturated carbocycles. The van der Waals surface area contributed by atoms with Crippen molar-refractivity contribution < 1.29 is 26.3 Å². The van der Waals surface area contributed by atoms with E-state index in [0.29, 0.717) is 5.69 Å². The Labute approximate surface area is 167 Å². The number of aromatic nitrogens is 3. The Hall–Kier alpha value is -3.37. The van der Waals surface area contributed by atoms with Crippen molar-refractivity contribution in [2.75, 3.05) is 10.6 Å². The van der Waals surface area contributed by atoms with Crippen molar-refractivity contribution >= 4 is 17.6 Å². The Morgan fingerprint density at radius 2 is 1.40 bits per heavy atom. The lowest BCUT2D eigenvalue weighted by molar-refractivity contribution is -0.138. The number of aryl methyl sites for hydroxylation is 1. The number of hydrogen-bond acceptors (Lipinski definition) is 5. The molecule has 0 radical (unpaired) electrons. The lowest BCUT2D eigenvalue weighted by Gasteiger charge is -2.14. The third-order valence-electron chi connectivity index (χ3n) is 3.98. The van der Waals surface area contributed by atoms with E-state index in [1.807, 2.05) is 0 Å². The van der Waals surface area contributed by atoms with Gasteiger partial charge >= 0.3 is 12.4 Å². The van der Waals surface area contributed by atoms with Gasteiger partial charge in [0, 0.05) is 12.2 Å². The summed E-state index contributed by atoms with van der Waals surface area (Å²) in [5.41, 5.74) is -1.25. The van der Waals surface area contributed by atoms with Crippen LogP contribution in [-0.4, -0.2) is 15.0 Å². The van der Waals surface area contributed by atoms with Gasteiger partial charge in [-0.2, -0.15) is 41.3 Å². The molecule has 0 aliphatic heterocycles. The predicted octanol–water partition coefficient (Wildman–Crippen LogP) is 5.57. The van der Waals surface area contributed by atoms with E-state index in [-0.39, 0.29) is 29.8 Å². The lowest BCUT2D eigenvalue weighted by atomic mass is 10.1. The van der Waals surface area contributed by atoms with Gasteiger partial charge in [-0.15, -0.1) is 0 Å². The summed E-state index contributed by atoms with van der Waals surface area (Å²) < 4.78 is 77.2. The molecule has 0 atom stereocenters. The molecule has 0 unspecified atom stereocenters. The van der Waals surface area contributed by atoms with Gasteiger partial charge in [-0.25, -0.2) is 0 Å². The maximum Gasteiger partial charge on any atom is 0.416 e. The van der Waals surface area contributed by atoms with Gasteiger partial charge < -0.3 is 10.6 Å². The van der Waals surface area contributed by atoms with Crippen LogP contribution >= 0.6 is 0 Å². The van der Waals surface area contributed by atoms with Crippen molar-refractivity contribution in [1.82, 2.24) is 15.0 Å². The van der Waals surface area contributed by atoms with E-state index in [0.717, 1.165) is 18.2 Å². The van der Waals surface area contributed by atoms with Gasteiger partial charge in [0.25, 0.3) is 0 Å². The van der Waals surface area contributed by atoms with E-state index in [4.69, 9.17) is 0 Å². The summed E-state index contributed by atoms with van der Waals surface area (Å²) in [4.78, 5) is 12.1. The smallest absolute Gasteiger partial charge is 0.350 e. The van der Waals surface area contributed by atoms with Gasteiger partial charge in [0.15, 0.2) is 0 Å². The second-order valence-corrected chi connectivity index (χ2v) is 6.24. The van der Waals surface area contributed by atoms with Crippen LogP contribution in [0.15, 0.2) is 48.5 Å². The van der Waals surface area contributed by atoms with Crippen molar-refractivity contribution in [2.45, 2.75) is 25.8 Å². The molecule has 11 heteroatoms. The Bertz CT molecular complexity index is 1020. The van der Waals surface area contributed by atoms with Crippen molar-refractivity contribution in [3.8, 4) is 0 Å². The molecule has 0 spiro atoms. The highest BCUT2D eigenvalue weighted by Gasteiger charge is 2.33. The number of nitrogens with zero attached hydrogens (tertiary/aromatic N) is 3. The van der Waals surface area contributed by atoms with Crippen LogP contribution in [0.3, 0.4) is 0 Å². The second-order valence-electron chi connectivity index (χ2n) is 6.24. The van der Waals surface area contributed by atoms with E-state index in [1.165, 1.54) is 30.3 Å². The van der Waals surface area contributed by atoms with Crippen LogP contribution in [0.4, 0.5) is 43.9 Å². The topological polar surface area (TPSA) is 62.7 Å². The summed E-state index contributed by atoms with van der Waals surface area (Å²) in [6.07, 6.45) is -8.95. The summed E-state index contributed by atoms with van der Waals surface area (Å²) in [5, 5.41) is 5.47. The highest BCUT2D eigenvalue weighted by atomic mass is 19.4. The fourth-order valence-corrected chi connectivity index (χ4v) is 2.61. The fourth-order valence-electron chi connectivity index (χ4n) is 2.61. The van der Waals surface area contributed by atoms with Crippen LogP contribution in [0.5, 0.6) is 0 Å². The van der Waals surface area contributed by atoms with E-state index < -0.39 is 23.5 Å². The molecule has 0 saturated heterocycles. The predicted molar refractivity (Wildman–Crippen MR) is 98.1 cm³/mol. The molecule has 0 amide bonds. The first kappa shape index (κ1) is 21.3. The van der Waals surface area contributed by atoms with Gasteiger partial charge in [-0.3, -0.25) is 0 Å². The molecule has 0 aliphatic carbocycles. The van der Waals surface area contributed by atoms with E-state index in [2.05, 4.69) is 25.6 Å². The molecule has 2 N–H and O–H groups in total. The van der Waals surface area contributed by atoms with E-state index in [1.54, 1.807) is 6.92 Å². The molecular weight excluding hydrogens is 412 g/mol. The molecule has 5 nitrogen and oxygen atoms in total. The van der Waals surface area contributed by atoms with Crippen LogP contribution in [0.1, 0.15) is 22.5 Å². The fraction of sp³-hybridized carbons (Fsp3) is 0.211. The normalized spacial score (nSPS) is 12.0. The lowest BCUT2D eigenvalue weighted by Crippen LogP contribution is -2.13. The summed E-state index contributed by atoms with van der Waals surface area (Å²) in [6.45, 7) is 1.37. The van der Waals surface area contributed by atoms with Gasteiger partial charge in [-0.1, -0.05) is 18.2 Å². The quantitative estimate of drug-likeness (QED) is 0.521. The Balaban J connectivity index is 1.75. The minimum atomic E-state index is -4.50. The number of alkyl halides is 6. The average Bonchev–Trinajstić information content (AvgIpc) is 2.65. The largest absolute Gasteiger partial charge is 0.416 e. The van der Waals surface area contributed by atoms with Crippen LogP contribution in [-0.2, 0) is 18.9 Å². The molecule has 30 heavy (non-hydrogen) atoms. The SMILES string of the molecule is Cc1nc(NCc2ccccc2C(F)(F)F)nc(Nc2ccc(C(F)(F)F)cc2)n1. The molecule has 0 aliphatic rings. The number of anilines is 3. The van der Waals surface area contributed by atoms with Crippen molar-refractivity contribution in [3.05, 3.63) is 71.0 Å². The van der Waals surface area contributed by atoms with Gasteiger partial charge in [0.05, 0.1) is 11.1 Å². The number of halogens is 6. The maximum atomic E-state index is 13.1. The standard InChI is InChI=1S/C19H15F6N5/c1-11-27-16(26-10-12-4-2-3-5-15(12)19(23,24)25)30-17(28-11)29-14-8-6-13(7-9-14)18(20,21)22/h2-9H,10H2,1H3,(H2,26,27,28,29,30). The highest BCUT2D eigenvalue weighted by Crippen LogP contribution is 2.32. The Morgan fingerprint density at radius 3 is 2.03 bits per heavy atom. The van der Waals surface area contributed by atoms with Crippen molar-refractivity contribution in [1.29, 1.82) is 0 Å². The molecule has 0 fully saturated rings. The van der Waals surface area contributed by atoms with Crippen LogP contribution in [0.2, 0.25) is 0 Å². The number of hydrogen-bond donors (Lipinski definition) is 2. The molecule has 3 rings (SSSR count). The van der Waals surface area contributed by atoms with E-state index in [9.17, 15) is 26.3 Å². The van der Waals surface area contributed by atoms with Gasteiger partial charge in [0.1, 0.15) is 5.82 Å². The van der Waals surface area contributed by atoms with Gasteiger partial charge in [0.2, 0.25) is 11.9 Å². The van der Waals surface area contributed by atoms with E-state index >= 15 is 0 Å². The monoisotopic (exact) mass is 427 g/mol. The number of nitrogens with one attached hydrogen (secondary N) is 2. The van der Waals surface area contributed by atoms with Crippen molar-refractivity contribution in [3.63, 3.8) is 0 Å². The summed E-state index contributed by atoms with van der Waals surface area (Å²) >= 11 is 0. The second kappa shape index (κ2) is 8.17. The molecule has 0 bridgehead atoms. The average molecular weight is 427 g/mol. The first-order valence-corrected chi connectivity index (χ1v) is 8.58. The zero-order valence-corrected chi connectivity index (χ0v) is 15.4. The summed E-state index contributed by atoms with van der Waals surface area (Å²) in [7, 11) is 0.